The summed E-state index contributed by atoms with van der Waals surface area (Å²) in [6.07, 6.45) is -10.2. The number of nitrogens with two attached hydrogens (primary N) is 1. The van der Waals surface area contributed by atoms with Gasteiger partial charge in [0, 0.05) is 12.7 Å². The van der Waals surface area contributed by atoms with E-state index in [2.05, 4.69) is 9.72 Å². The lowest BCUT2D eigenvalue weighted by Crippen LogP contribution is -2.24. The number of alkyl halides is 6. The van der Waals surface area contributed by atoms with E-state index in [9.17, 15) is 31.1 Å². The van der Waals surface area contributed by atoms with Crippen LogP contribution in [0.5, 0.6) is 5.88 Å². The minimum atomic E-state index is -5.38. The number of ether oxygens (including phenoxy) is 1. The summed E-state index contributed by atoms with van der Waals surface area (Å²) in [5.41, 5.74) is 0.682. The third kappa shape index (κ3) is 3.50. The second-order valence-corrected chi connectivity index (χ2v) is 3.39. The highest BCUT2D eigenvalue weighted by Crippen LogP contribution is 2.38. The standard InChI is InChI=1S/C9H6F6N2O3/c10-8(11,12)5-3(1-16)2-17-6(4(5)7(18)19)20-9(13,14)15/h2H,1,16H2,(H,18,19). The molecule has 3 N–H and O–H groups in total. The molecule has 0 unspecified atom stereocenters. The lowest BCUT2D eigenvalue weighted by Gasteiger charge is -2.17. The molecule has 0 spiro atoms. The summed E-state index contributed by atoms with van der Waals surface area (Å²) in [6.45, 7) is -0.756. The number of hydrogen-bond acceptors (Lipinski definition) is 4. The van der Waals surface area contributed by atoms with Crippen molar-refractivity contribution in [3.63, 3.8) is 0 Å². The van der Waals surface area contributed by atoms with Crippen LogP contribution in [0.25, 0.3) is 0 Å². The predicted octanol–water partition coefficient (Wildman–Crippen LogP) is 2.16. The maximum absolute atomic E-state index is 12.8. The minimum absolute atomic E-state index is 0.385. The van der Waals surface area contributed by atoms with Gasteiger partial charge in [0.1, 0.15) is 5.56 Å². The predicted molar refractivity (Wildman–Crippen MR) is 50.8 cm³/mol. The Morgan fingerprint density at radius 3 is 2.20 bits per heavy atom. The van der Waals surface area contributed by atoms with Crippen molar-refractivity contribution in [3.8, 4) is 5.88 Å². The van der Waals surface area contributed by atoms with Crippen molar-refractivity contribution < 1.29 is 41.0 Å². The number of hydrogen-bond donors (Lipinski definition) is 2. The van der Waals surface area contributed by atoms with Gasteiger partial charge in [-0.05, 0) is 5.56 Å². The van der Waals surface area contributed by atoms with Crippen LogP contribution in [0.1, 0.15) is 21.5 Å². The molecule has 112 valence electrons. The number of nitrogens with zero attached hydrogens (tertiary/aromatic N) is 1. The Hall–Kier alpha value is -2.04. The largest absolute Gasteiger partial charge is 0.574 e. The first-order valence-corrected chi connectivity index (χ1v) is 4.75. The highest BCUT2D eigenvalue weighted by atomic mass is 19.4. The SMILES string of the molecule is NCc1cnc(OC(F)(F)F)c(C(=O)O)c1C(F)(F)F. The van der Waals surface area contributed by atoms with Crippen LogP contribution in [0.2, 0.25) is 0 Å². The Balaban J connectivity index is 3.61. The molecule has 0 bridgehead atoms. The van der Waals surface area contributed by atoms with Gasteiger partial charge in [0.2, 0.25) is 5.88 Å². The quantitative estimate of drug-likeness (QED) is 0.836. The number of halogens is 6. The van der Waals surface area contributed by atoms with E-state index in [1.807, 2.05) is 0 Å². The smallest absolute Gasteiger partial charge is 0.477 e. The van der Waals surface area contributed by atoms with Gasteiger partial charge < -0.3 is 15.6 Å². The van der Waals surface area contributed by atoms with E-state index < -0.39 is 47.6 Å². The minimum Gasteiger partial charge on any atom is -0.477 e. The zero-order chi connectivity index (χ0) is 15.7. The molecule has 1 heterocycles. The average Bonchev–Trinajstić information content (AvgIpc) is 2.24. The fourth-order valence-corrected chi connectivity index (χ4v) is 1.40. The van der Waals surface area contributed by atoms with E-state index in [-0.39, 0.29) is 0 Å². The van der Waals surface area contributed by atoms with Crippen LogP contribution in [0.15, 0.2) is 6.20 Å². The lowest BCUT2D eigenvalue weighted by atomic mass is 10.0. The first kappa shape index (κ1) is 16.0. The molecule has 1 aromatic heterocycles. The van der Waals surface area contributed by atoms with Gasteiger partial charge in [0.15, 0.2) is 0 Å². The van der Waals surface area contributed by atoms with E-state index in [1.165, 1.54) is 0 Å². The van der Waals surface area contributed by atoms with Gasteiger partial charge in [-0.2, -0.15) is 13.2 Å². The van der Waals surface area contributed by atoms with E-state index in [0.717, 1.165) is 0 Å². The summed E-state index contributed by atoms with van der Waals surface area (Å²) in [4.78, 5) is 13.7. The Morgan fingerprint density at radius 1 is 1.30 bits per heavy atom. The fraction of sp³-hybridized carbons (Fsp3) is 0.333. The van der Waals surface area contributed by atoms with Crippen molar-refractivity contribution in [2.75, 3.05) is 0 Å². The van der Waals surface area contributed by atoms with Crippen LogP contribution in [0, 0.1) is 0 Å². The van der Waals surface area contributed by atoms with Gasteiger partial charge in [-0.1, -0.05) is 0 Å². The topological polar surface area (TPSA) is 85.4 Å². The number of rotatable bonds is 3. The summed E-state index contributed by atoms with van der Waals surface area (Å²) in [6, 6.07) is 0. The lowest BCUT2D eigenvalue weighted by molar-refractivity contribution is -0.276. The fourth-order valence-electron chi connectivity index (χ4n) is 1.40. The van der Waals surface area contributed by atoms with Crippen molar-refractivity contribution in [2.45, 2.75) is 19.1 Å². The normalized spacial score (nSPS) is 12.3. The molecule has 0 fully saturated rings. The second-order valence-electron chi connectivity index (χ2n) is 3.39. The Morgan fingerprint density at radius 2 is 1.85 bits per heavy atom. The van der Waals surface area contributed by atoms with Crippen LogP contribution >= 0.6 is 0 Å². The Labute approximate surface area is 107 Å². The number of pyridine rings is 1. The molecule has 5 nitrogen and oxygen atoms in total. The molecule has 0 saturated carbocycles. The van der Waals surface area contributed by atoms with Crippen LogP contribution in [-0.4, -0.2) is 22.4 Å². The molecule has 0 atom stereocenters. The molecule has 0 amide bonds. The molecule has 11 heteroatoms. The molecule has 1 aromatic rings. The third-order valence-corrected chi connectivity index (χ3v) is 2.05. The number of carbonyl (C=O) groups is 1. The van der Waals surface area contributed by atoms with E-state index >= 15 is 0 Å². The van der Waals surface area contributed by atoms with Gasteiger partial charge in [-0.25, -0.2) is 9.78 Å². The monoisotopic (exact) mass is 304 g/mol. The van der Waals surface area contributed by atoms with Crippen molar-refractivity contribution >= 4 is 5.97 Å². The Kier molecular flexibility index (Phi) is 4.12. The van der Waals surface area contributed by atoms with Crippen LogP contribution in [0.3, 0.4) is 0 Å². The highest BCUT2D eigenvalue weighted by molar-refractivity contribution is 5.92. The van der Waals surface area contributed by atoms with Crippen LogP contribution < -0.4 is 10.5 Å². The summed E-state index contributed by atoms with van der Waals surface area (Å²) in [7, 11) is 0. The van der Waals surface area contributed by atoms with Crippen LogP contribution in [0.4, 0.5) is 26.3 Å². The summed E-state index contributed by atoms with van der Waals surface area (Å²) in [5.74, 6) is -3.96. The first-order chi connectivity index (χ1) is 8.97. The first-order valence-electron chi connectivity index (χ1n) is 4.75. The van der Waals surface area contributed by atoms with E-state index in [0.29, 0.717) is 6.20 Å². The molecule has 0 aliphatic heterocycles. The van der Waals surface area contributed by atoms with Gasteiger partial charge in [0.25, 0.3) is 0 Å². The zero-order valence-corrected chi connectivity index (χ0v) is 9.34. The summed E-state index contributed by atoms with van der Waals surface area (Å²) >= 11 is 0. The van der Waals surface area contributed by atoms with E-state index in [1.54, 1.807) is 0 Å². The molecular weight excluding hydrogens is 298 g/mol. The average molecular weight is 304 g/mol. The maximum atomic E-state index is 12.8. The van der Waals surface area contributed by atoms with Crippen molar-refractivity contribution in [3.05, 3.63) is 22.9 Å². The zero-order valence-electron chi connectivity index (χ0n) is 9.34. The Bertz CT molecular complexity index is 526. The van der Waals surface area contributed by atoms with E-state index in [4.69, 9.17) is 10.8 Å². The number of carboxylic acid groups (broad SMARTS) is 1. The third-order valence-electron chi connectivity index (χ3n) is 2.05. The van der Waals surface area contributed by atoms with Gasteiger partial charge in [-0.3, -0.25) is 0 Å². The molecule has 0 aromatic carbocycles. The van der Waals surface area contributed by atoms with Crippen molar-refractivity contribution in [2.24, 2.45) is 5.73 Å². The number of carboxylic acids is 1. The highest BCUT2D eigenvalue weighted by Gasteiger charge is 2.42. The molecule has 20 heavy (non-hydrogen) atoms. The molecular formula is C9H6F6N2O3. The van der Waals surface area contributed by atoms with Gasteiger partial charge in [0.05, 0.1) is 5.56 Å². The summed E-state index contributed by atoms with van der Waals surface area (Å²) < 4.78 is 77.7. The van der Waals surface area contributed by atoms with Crippen molar-refractivity contribution in [1.82, 2.24) is 4.98 Å². The maximum Gasteiger partial charge on any atom is 0.574 e. The molecule has 0 aliphatic carbocycles. The molecule has 1 rings (SSSR count). The summed E-state index contributed by atoms with van der Waals surface area (Å²) in [5, 5.41) is 8.70. The molecule has 0 saturated heterocycles. The van der Waals surface area contributed by atoms with Crippen molar-refractivity contribution in [1.29, 1.82) is 0 Å². The van der Waals surface area contributed by atoms with Gasteiger partial charge >= 0.3 is 18.5 Å². The second kappa shape index (κ2) is 5.15. The number of aromatic nitrogens is 1. The molecule has 0 radical (unpaired) electrons. The molecule has 0 aliphatic rings. The number of aromatic carboxylic acids is 1. The van der Waals surface area contributed by atoms with Gasteiger partial charge in [-0.15, -0.1) is 13.2 Å². The van der Waals surface area contributed by atoms with Crippen LogP contribution in [-0.2, 0) is 12.7 Å².